The van der Waals surface area contributed by atoms with E-state index in [1.54, 1.807) is 17.8 Å². The van der Waals surface area contributed by atoms with Gasteiger partial charge in [0.1, 0.15) is 5.75 Å². The van der Waals surface area contributed by atoms with Crippen LogP contribution in [0, 0.1) is 0 Å². The quantitative estimate of drug-likeness (QED) is 0.585. The summed E-state index contributed by atoms with van der Waals surface area (Å²) < 4.78 is 33.8. The predicted octanol–water partition coefficient (Wildman–Crippen LogP) is 4.41. The van der Waals surface area contributed by atoms with Gasteiger partial charge in [-0.2, -0.15) is 0 Å². The highest BCUT2D eigenvalue weighted by atomic mass is 32.2. The molecule has 170 valence electrons. The van der Waals surface area contributed by atoms with Crippen LogP contribution in [0.5, 0.6) is 5.75 Å². The first-order valence-corrected chi connectivity index (χ1v) is 13.2. The molecule has 5 rings (SSSR count). The maximum atomic E-state index is 13.5. The van der Waals surface area contributed by atoms with Crippen molar-refractivity contribution in [3.05, 3.63) is 83.4 Å². The van der Waals surface area contributed by atoms with Crippen molar-refractivity contribution in [3.8, 4) is 5.75 Å². The Hall–Kier alpha value is -2.97. The van der Waals surface area contributed by atoms with Crippen LogP contribution in [-0.4, -0.2) is 33.7 Å². The summed E-state index contributed by atoms with van der Waals surface area (Å²) in [5.74, 6) is 0.895. The van der Waals surface area contributed by atoms with E-state index < -0.39 is 10.0 Å². The number of rotatable bonds is 5. The van der Waals surface area contributed by atoms with Gasteiger partial charge < -0.3 is 10.1 Å². The molecule has 0 fully saturated rings. The van der Waals surface area contributed by atoms with Crippen LogP contribution in [0.1, 0.15) is 33.9 Å². The maximum Gasteiger partial charge on any atom is 0.264 e. The Balaban J connectivity index is 1.47. The summed E-state index contributed by atoms with van der Waals surface area (Å²) in [6.07, 6.45) is 1.47. The molecule has 8 heteroatoms. The lowest BCUT2D eigenvalue weighted by Crippen LogP contribution is -2.32. The number of nitrogens with one attached hydrogen (secondary N) is 1. The number of amides is 1. The summed E-state index contributed by atoms with van der Waals surface area (Å²) in [6, 6.07) is 19.9. The molecule has 1 atom stereocenters. The summed E-state index contributed by atoms with van der Waals surface area (Å²) in [5.41, 5.74) is 2.98. The van der Waals surface area contributed by atoms with Gasteiger partial charge >= 0.3 is 0 Å². The minimum Gasteiger partial charge on any atom is -0.496 e. The highest BCUT2D eigenvalue weighted by Gasteiger charge is 2.32. The number of hydrogen-bond donors (Lipinski definition) is 1. The van der Waals surface area contributed by atoms with Gasteiger partial charge in [0.05, 0.1) is 29.3 Å². The summed E-state index contributed by atoms with van der Waals surface area (Å²) in [4.78, 5) is 14.5. The number of methoxy groups -OCH3 is 1. The van der Waals surface area contributed by atoms with Crippen LogP contribution >= 0.6 is 11.8 Å². The molecular formula is C25H24N2O4S2. The molecule has 0 bridgehead atoms. The molecule has 2 heterocycles. The number of nitrogens with zero attached hydrogens (tertiary/aromatic N) is 1. The molecule has 0 unspecified atom stereocenters. The molecule has 1 amide bonds. The Kier molecular flexibility index (Phi) is 5.80. The number of benzene rings is 3. The fourth-order valence-electron chi connectivity index (χ4n) is 4.44. The number of thioether (sulfide) groups is 1. The molecule has 0 spiro atoms. The number of fused-ring (bicyclic) bond motifs is 2. The Morgan fingerprint density at radius 3 is 2.73 bits per heavy atom. The molecule has 2 aliphatic heterocycles. The smallest absolute Gasteiger partial charge is 0.264 e. The molecule has 2 aliphatic rings. The predicted molar refractivity (Wildman–Crippen MR) is 130 cm³/mol. The standard InChI is InChI=1S/C25H24N2O4S2/c1-31-23-11-10-18(33(29,30)27-14-12-17-6-2-4-8-22(17)27)16-20(23)25(28)26-21-13-15-32-24-9-5-3-7-19(21)24/h2-11,16,21H,12-15H2,1H3,(H,26,28)/t21-/m1/s1. The van der Waals surface area contributed by atoms with Crippen molar-refractivity contribution < 1.29 is 17.9 Å². The first-order valence-electron chi connectivity index (χ1n) is 10.8. The van der Waals surface area contributed by atoms with E-state index in [1.807, 2.05) is 42.5 Å². The minimum atomic E-state index is -3.82. The lowest BCUT2D eigenvalue weighted by Gasteiger charge is -2.26. The van der Waals surface area contributed by atoms with Crippen LogP contribution in [0.3, 0.4) is 0 Å². The van der Waals surface area contributed by atoms with Gasteiger partial charge in [0.15, 0.2) is 0 Å². The van der Waals surface area contributed by atoms with Crippen molar-refractivity contribution in [2.24, 2.45) is 0 Å². The third-order valence-electron chi connectivity index (χ3n) is 6.11. The molecule has 1 N–H and O–H groups in total. The lowest BCUT2D eigenvalue weighted by molar-refractivity contribution is 0.0931. The highest BCUT2D eigenvalue weighted by Crippen LogP contribution is 2.37. The highest BCUT2D eigenvalue weighted by molar-refractivity contribution is 7.99. The first kappa shape index (κ1) is 21.9. The van der Waals surface area contributed by atoms with Crippen LogP contribution in [0.15, 0.2) is 76.5 Å². The van der Waals surface area contributed by atoms with Crippen LogP contribution in [-0.2, 0) is 16.4 Å². The monoisotopic (exact) mass is 480 g/mol. The van der Waals surface area contributed by atoms with Crippen LogP contribution in [0.2, 0.25) is 0 Å². The van der Waals surface area contributed by atoms with Gasteiger partial charge in [-0.1, -0.05) is 36.4 Å². The van der Waals surface area contributed by atoms with Gasteiger partial charge in [-0.25, -0.2) is 8.42 Å². The number of carbonyl (C=O) groups excluding carboxylic acids is 1. The van der Waals surface area contributed by atoms with Gasteiger partial charge in [0.25, 0.3) is 15.9 Å². The van der Waals surface area contributed by atoms with E-state index in [9.17, 15) is 13.2 Å². The van der Waals surface area contributed by atoms with E-state index in [-0.39, 0.29) is 22.4 Å². The molecule has 0 aliphatic carbocycles. The molecule has 0 saturated carbocycles. The number of para-hydroxylation sites is 1. The summed E-state index contributed by atoms with van der Waals surface area (Å²) in [7, 11) is -2.34. The Bertz CT molecular complexity index is 1320. The van der Waals surface area contributed by atoms with E-state index in [0.717, 1.165) is 28.2 Å². The van der Waals surface area contributed by atoms with Crippen molar-refractivity contribution in [1.82, 2.24) is 5.32 Å². The van der Waals surface area contributed by atoms with E-state index in [4.69, 9.17) is 4.74 Å². The van der Waals surface area contributed by atoms with E-state index in [0.29, 0.717) is 24.4 Å². The molecular weight excluding hydrogens is 456 g/mol. The second-order valence-electron chi connectivity index (χ2n) is 8.02. The molecule has 33 heavy (non-hydrogen) atoms. The lowest BCUT2D eigenvalue weighted by atomic mass is 10.0. The third kappa shape index (κ3) is 3.98. The normalized spacial score (nSPS) is 17.2. The largest absolute Gasteiger partial charge is 0.496 e. The number of hydrogen-bond acceptors (Lipinski definition) is 5. The van der Waals surface area contributed by atoms with Crippen LogP contribution < -0.4 is 14.4 Å². The van der Waals surface area contributed by atoms with Crippen LogP contribution in [0.25, 0.3) is 0 Å². The van der Waals surface area contributed by atoms with Gasteiger partial charge in [-0.05, 0) is 54.3 Å². The Morgan fingerprint density at radius 2 is 1.88 bits per heavy atom. The number of carbonyl (C=O) groups is 1. The third-order valence-corrected chi connectivity index (χ3v) is 9.04. The second kappa shape index (κ2) is 8.76. The second-order valence-corrected chi connectivity index (χ2v) is 11.0. The van der Waals surface area contributed by atoms with Gasteiger partial charge in [-0.3, -0.25) is 9.10 Å². The summed E-state index contributed by atoms with van der Waals surface area (Å²) >= 11 is 1.78. The minimum absolute atomic E-state index is 0.0738. The SMILES string of the molecule is COc1ccc(S(=O)(=O)N2CCc3ccccc32)cc1C(=O)N[C@@H]1CCSc2ccccc21. The van der Waals surface area contributed by atoms with E-state index >= 15 is 0 Å². The summed E-state index contributed by atoms with van der Waals surface area (Å²) in [5, 5.41) is 3.09. The van der Waals surface area contributed by atoms with Gasteiger partial charge in [0.2, 0.25) is 0 Å². The number of anilines is 1. The molecule has 6 nitrogen and oxygen atoms in total. The Labute approximate surface area is 198 Å². The van der Waals surface area contributed by atoms with E-state index in [1.165, 1.54) is 23.5 Å². The fraction of sp³-hybridized carbons (Fsp3) is 0.240. The number of ether oxygens (including phenoxy) is 1. The van der Waals surface area contributed by atoms with Crippen molar-refractivity contribution >= 4 is 33.4 Å². The van der Waals surface area contributed by atoms with Gasteiger partial charge in [0, 0.05) is 17.2 Å². The topological polar surface area (TPSA) is 75.7 Å². The molecule has 3 aromatic carbocycles. The van der Waals surface area contributed by atoms with Crippen LogP contribution in [0.4, 0.5) is 5.69 Å². The molecule has 0 saturated heterocycles. The molecule has 3 aromatic rings. The zero-order valence-corrected chi connectivity index (χ0v) is 19.8. The Morgan fingerprint density at radius 1 is 1.09 bits per heavy atom. The number of sulfonamides is 1. The van der Waals surface area contributed by atoms with E-state index in [2.05, 4.69) is 11.4 Å². The average molecular weight is 481 g/mol. The van der Waals surface area contributed by atoms with Crippen molar-refractivity contribution in [2.75, 3.05) is 23.7 Å². The molecule has 0 aromatic heterocycles. The van der Waals surface area contributed by atoms with Crippen molar-refractivity contribution in [2.45, 2.75) is 28.7 Å². The van der Waals surface area contributed by atoms with Crippen molar-refractivity contribution in [1.29, 1.82) is 0 Å². The zero-order valence-electron chi connectivity index (χ0n) is 18.2. The maximum absolute atomic E-state index is 13.5. The molecule has 0 radical (unpaired) electrons. The van der Waals surface area contributed by atoms with Gasteiger partial charge in [-0.15, -0.1) is 11.8 Å². The first-order chi connectivity index (χ1) is 16.0. The van der Waals surface area contributed by atoms with Crippen molar-refractivity contribution in [3.63, 3.8) is 0 Å². The zero-order chi connectivity index (χ0) is 23.0. The summed E-state index contributed by atoms with van der Waals surface area (Å²) in [6.45, 7) is 0.381. The average Bonchev–Trinajstić information content (AvgIpc) is 3.29. The fourth-order valence-corrected chi connectivity index (χ4v) is 7.09.